The first kappa shape index (κ1) is 16.9. The van der Waals surface area contributed by atoms with Gasteiger partial charge >= 0.3 is 0 Å². The standard InChI is InChI=1S/C12H20N4O.HI/c1-3-7-15-12(13)16-9-10-6-5-8-14-11(10)17-4-2;/h5-6,8H,3-4,7,9H2,1-2H3,(H3,13,15,16);1H. The van der Waals surface area contributed by atoms with Crippen molar-refractivity contribution in [3.05, 3.63) is 23.9 Å². The van der Waals surface area contributed by atoms with Gasteiger partial charge in [-0.05, 0) is 19.4 Å². The van der Waals surface area contributed by atoms with Crippen molar-refractivity contribution in [2.24, 2.45) is 10.7 Å². The van der Waals surface area contributed by atoms with Gasteiger partial charge in [0.05, 0.1) is 13.2 Å². The molecule has 102 valence electrons. The fraction of sp³-hybridized carbons (Fsp3) is 0.500. The van der Waals surface area contributed by atoms with E-state index >= 15 is 0 Å². The number of ether oxygens (including phenoxy) is 1. The predicted molar refractivity (Wildman–Crippen MR) is 84.4 cm³/mol. The molecule has 0 unspecified atom stereocenters. The monoisotopic (exact) mass is 364 g/mol. The van der Waals surface area contributed by atoms with Crippen molar-refractivity contribution in [2.75, 3.05) is 13.2 Å². The number of nitrogens with one attached hydrogen (secondary N) is 1. The van der Waals surface area contributed by atoms with Crippen LogP contribution in [0.15, 0.2) is 23.3 Å². The summed E-state index contributed by atoms with van der Waals surface area (Å²) in [5, 5.41) is 3.02. The smallest absolute Gasteiger partial charge is 0.218 e. The molecule has 18 heavy (non-hydrogen) atoms. The highest BCUT2D eigenvalue weighted by Crippen LogP contribution is 2.14. The maximum absolute atomic E-state index is 5.71. The zero-order valence-corrected chi connectivity index (χ0v) is 13.2. The third kappa shape index (κ3) is 6.04. The third-order valence-corrected chi connectivity index (χ3v) is 2.11. The summed E-state index contributed by atoms with van der Waals surface area (Å²) in [7, 11) is 0. The van der Waals surface area contributed by atoms with Gasteiger partial charge in [-0.25, -0.2) is 9.98 Å². The zero-order valence-electron chi connectivity index (χ0n) is 10.8. The van der Waals surface area contributed by atoms with Gasteiger partial charge in [-0.2, -0.15) is 0 Å². The quantitative estimate of drug-likeness (QED) is 0.460. The second kappa shape index (κ2) is 9.93. The maximum atomic E-state index is 5.71. The van der Waals surface area contributed by atoms with E-state index in [1.807, 2.05) is 19.1 Å². The first-order chi connectivity index (χ1) is 8.27. The molecule has 0 saturated carbocycles. The first-order valence-electron chi connectivity index (χ1n) is 5.88. The van der Waals surface area contributed by atoms with Crippen LogP contribution in [0.5, 0.6) is 5.88 Å². The SMILES string of the molecule is CCCNC(N)=NCc1cccnc1OCC.I. The van der Waals surface area contributed by atoms with Crippen molar-refractivity contribution in [1.29, 1.82) is 0 Å². The zero-order chi connectivity index (χ0) is 12.5. The van der Waals surface area contributed by atoms with Crippen LogP contribution in [0.4, 0.5) is 0 Å². The van der Waals surface area contributed by atoms with Crippen LogP contribution >= 0.6 is 24.0 Å². The molecule has 0 aliphatic carbocycles. The van der Waals surface area contributed by atoms with Crippen LogP contribution < -0.4 is 15.8 Å². The minimum atomic E-state index is 0. The molecule has 0 aromatic carbocycles. The normalized spacial score (nSPS) is 10.7. The first-order valence-corrected chi connectivity index (χ1v) is 5.88. The van der Waals surface area contributed by atoms with Crippen molar-refractivity contribution in [2.45, 2.75) is 26.8 Å². The van der Waals surface area contributed by atoms with Gasteiger partial charge in [-0.1, -0.05) is 13.0 Å². The Hall–Kier alpha value is -1.05. The molecule has 0 saturated heterocycles. The average Bonchev–Trinajstić information content (AvgIpc) is 2.35. The van der Waals surface area contributed by atoms with Crippen LogP contribution in [-0.2, 0) is 6.54 Å². The lowest BCUT2D eigenvalue weighted by Crippen LogP contribution is -2.32. The Kier molecular flexibility index (Phi) is 9.35. The molecule has 0 atom stereocenters. The van der Waals surface area contributed by atoms with Crippen LogP contribution in [0.1, 0.15) is 25.8 Å². The van der Waals surface area contributed by atoms with Crippen molar-refractivity contribution in [3.8, 4) is 5.88 Å². The van der Waals surface area contributed by atoms with E-state index in [1.165, 1.54) is 0 Å². The topological polar surface area (TPSA) is 72.5 Å². The van der Waals surface area contributed by atoms with E-state index in [-0.39, 0.29) is 24.0 Å². The molecule has 1 heterocycles. The maximum Gasteiger partial charge on any atom is 0.218 e. The molecule has 6 heteroatoms. The predicted octanol–water partition coefficient (Wildman–Crippen LogP) is 1.91. The number of pyridine rings is 1. The molecule has 0 amide bonds. The van der Waals surface area contributed by atoms with Crippen molar-refractivity contribution in [3.63, 3.8) is 0 Å². The number of nitrogens with two attached hydrogens (primary N) is 1. The molecule has 1 aromatic heterocycles. The summed E-state index contributed by atoms with van der Waals surface area (Å²) in [6.45, 7) is 5.91. The highest BCUT2D eigenvalue weighted by Gasteiger charge is 2.02. The van der Waals surface area contributed by atoms with Gasteiger partial charge in [-0.3, -0.25) is 0 Å². The molecular weight excluding hydrogens is 343 g/mol. The summed E-state index contributed by atoms with van der Waals surface area (Å²) in [5.74, 6) is 1.08. The molecule has 0 bridgehead atoms. The van der Waals surface area contributed by atoms with E-state index in [1.54, 1.807) is 6.20 Å². The summed E-state index contributed by atoms with van der Waals surface area (Å²) >= 11 is 0. The lowest BCUT2D eigenvalue weighted by molar-refractivity contribution is 0.323. The second-order valence-electron chi connectivity index (χ2n) is 3.53. The molecule has 1 rings (SSSR count). The number of halogens is 1. The second-order valence-corrected chi connectivity index (χ2v) is 3.53. The van der Waals surface area contributed by atoms with Crippen LogP contribution in [0.2, 0.25) is 0 Å². The summed E-state index contributed by atoms with van der Waals surface area (Å²) in [5.41, 5.74) is 6.65. The number of rotatable bonds is 6. The largest absolute Gasteiger partial charge is 0.478 e. The van der Waals surface area contributed by atoms with Crippen molar-refractivity contribution < 1.29 is 4.74 Å². The lowest BCUT2D eigenvalue weighted by atomic mass is 10.3. The summed E-state index contributed by atoms with van der Waals surface area (Å²) < 4.78 is 5.41. The fourth-order valence-corrected chi connectivity index (χ4v) is 1.29. The van der Waals surface area contributed by atoms with E-state index in [0.29, 0.717) is 25.0 Å². The molecule has 0 radical (unpaired) electrons. The Bertz CT molecular complexity index is 371. The Morgan fingerprint density at radius 3 is 2.94 bits per heavy atom. The Labute approximate surface area is 125 Å². The molecule has 5 nitrogen and oxygen atoms in total. The molecule has 1 aromatic rings. The van der Waals surface area contributed by atoms with E-state index < -0.39 is 0 Å². The van der Waals surface area contributed by atoms with Gasteiger partial charge in [0.25, 0.3) is 0 Å². The number of guanidine groups is 1. The molecule has 0 aliphatic rings. The number of nitrogens with zero attached hydrogens (tertiary/aromatic N) is 2. The number of aromatic nitrogens is 1. The number of hydrogen-bond donors (Lipinski definition) is 2. The summed E-state index contributed by atoms with van der Waals surface area (Å²) in [6, 6.07) is 3.80. The summed E-state index contributed by atoms with van der Waals surface area (Å²) in [6.07, 6.45) is 2.73. The van der Waals surface area contributed by atoms with E-state index in [9.17, 15) is 0 Å². The number of hydrogen-bond acceptors (Lipinski definition) is 3. The minimum absolute atomic E-state index is 0. The Morgan fingerprint density at radius 2 is 2.28 bits per heavy atom. The van der Waals surface area contributed by atoms with Gasteiger partial charge in [0, 0.05) is 18.3 Å². The van der Waals surface area contributed by atoms with E-state index in [0.717, 1.165) is 18.5 Å². The Morgan fingerprint density at radius 1 is 1.50 bits per heavy atom. The molecule has 0 spiro atoms. The lowest BCUT2D eigenvalue weighted by Gasteiger charge is -2.07. The van der Waals surface area contributed by atoms with Gasteiger partial charge in [0.1, 0.15) is 0 Å². The van der Waals surface area contributed by atoms with Crippen molar-refractivity contribution in [1.82, 2.24) is 10.3 Å². The van der Waals surface area contributed by atoms with Crippen LogP contribution in [0, 0.1) is 0 Å². The molecule has 3 N–H and O–H groups in total. The highest BCUT2D eigenvalue weighted by molar-refractivity contribution is 14.0. The van der Waals surface area contributed by atoms with Gasteiger partial charge in [-0.15, -0.1) is 24.0 Å². The van der Waals surface area contributed by atoms with E-state index in [2.05, 4.69) is 22.2 Å². The van der Waals surface area contributed by atoms with Crippen LogP contribution in [0.3, 0.4) is 0 Å². The molecular formula is C12H21IN4O. The minimum Gasteiger partial charge on any atom is -0.478 e. The highest BCUT2D eigenvalue weighted by atomic mass is 127. The molecule has 0 aliphatic heterocycles. The third-order valence-electron chi connectivity index (χ3n) is 2.11. The van der Waals surface area contributed by atoms with Gasteiger partial charge < -0.3 is 15.8 Å². The average molecular weight is 364 g/mol. The Balaban J connectivity index is 0.00000289. The fourth-order valence-electron chi connectivity index (χ4n) is 1.29. The van der Waals surface area contributed by atoms with Crippen LogP contribution in [-0.4, -0.2) is 24.1 Å². The van der Waals surface area contributed by atoms with Gasteiger partial charge in [0.15, 0.2) is 5.96 Å². The molecule has 0 fully saturated rings. The van der Waals surface area contributed by atoms with Crippen molar-refractivity contribution >= 4 is 29.9 Å². The van der Waals surface area contributed by atoms with Gasteiger partial charge in [0.2, 0.25) is 5.88 Å². The van der Waals surface area contributed by atoms with Crippen LogP contribution in [0.25, 0.3) is 0 Å². The van der Waals surface area contributed by atoms with E-state index in [4.69, 9.17) is 10.5 Å². The summed E-state index contributed by atoms with van der Waals surface area (Å²) in [4.78, 5) is 8.39. The number of aliphatic imine (C=N–C) groups is 1.